The van der Waals surface area contributed by atoms with Gasteiger partial charge >= 0.3 is 5.97 Å². The van der Waals surface area contributed by atoms with E-state index in [1.165, 1.54) is 9.75 Å². The molecule has 1 heterocycles. The molecule has 0 bridgehead atoms. The molecule has 2 atom stereocenters. The number of carboxylic acids is 1. The van der Waals surface area contributed by atoms with Crippen LogP contribution in [0.15, 0.2) is 12.1 Å². The van der Waals surface area contributed by atoms with E-state index >= 15 is 0 Å². The minimum Gasteiger partial charge on any atom is -0.480 e. The van der Waals surface area contributed by atoms with Gasteiger partial charge in [0, 0.05) is 21.8 Å². The fourth-order valence-corrected chi connectivity index (χ4v) is 2.86. The van der Waals surface area contributed by atoms with Gasteiger partial charge in [-0.05, 0) is 39.3 Å². The van der Waals surface area contributed by atoms with Crippen LogP contribution in [-0.2, 0) is 4.79 Å². The fraction of sp³-hybridized carbons (Fsp3) is 0.615. The lowest BCUT2D eigenvalue weighted by atomic mass is 10.1. The molecule has 0 aliphatic heterocycles. The van der Waals surface area contributed by atoms with Crippen LogP contribution in [0.5, 0.6) is 0 Å². The quantitative estimate of drug-likeness (QED) is 0.848. The summed E-state index contributed by atoms with van der Waals surface area (Å²) in [6.45, 7) is 8.44. The van der Waals surface area contributed by atoms with Gasteiger partial charge in [0.25, 0.3) is 0 Å². The number of carbonyl (C=O) groups is 1. The van der Waals surface area contributed by atoms with Crippen molar-refractivity contribution in [1.29, 1.82) is 0 Å². The van der Waals surface area contributed by atoms with E-state index in [0.29, 0.717) is 0 Å². The van der Waals surface area contributed by atoms with E-state index in [9.17, 15) is 4.79 Å². The van der Waals surface area contributed by atoms with Crippen molar-refractivity contribution in [3.05, 3.63) is 21.9 Å². The number of aryl methyl sites for hydroxylation is 1. The van der Waals surface area contributed by atoms with E-state index in [-0.39, 0.29) is 18.6 Å². The third-order valence-corrected chi connectivity index (χ3v) is 4.32. The molecule has 1 rings (SSSR count). The Kier molecular flexibility index (Phi) is 5.15. The SMILES string of the molecule is CCC(C)N(CC(=O)O)C(C)c1ccc(C)s1. The monoisotopic (exact) mass is 255 g/mol. The largest absolute Gasteiger partial charge is 0.480 e. The standard InChI is InChI=1S/C13H21NO2S/c1-5-9(2)14(8-13(15)16)11(4)12-7-6-10(3)17-12/h6-7,9,11H,5,8H2,1-4H3,(H,15,16). The first-order valence-electron chi connectivity index (χ1n) is 5.99. The van der Waals surface area contributed by atoms with Gasteiger partial charge in [0.1, 0.15) is 0 Å². The molecule has 0 saturated carbocycles. The predicted molar refractivity (Wildman–Crippen MR) is 71.6 cm³/mol. The highest BCUT2D eigenvalue weighted by Gasteiger charge is 2.23. The molecule has 3 nitrogen and oxygen atoms in total. The number of nitrogens with zero attached hydrogens (tertiary/aromatic N) is 1. The normalized spacial score (nSPS) is 14.9. The maximum Gasteiger partial charge on any atom is 0.317 e. The zero-order chi connectivity index (χ0) is 13.0. The van der Waals surface area contributed by atoms with Crippen LogP contribution in [0.4, 0.5) is 0 Å². The van der Waals surface area contributed by atoms with E-state index in [0.717, 1.165) is 6.42 Å². The number of aliphatic carboxylic acids is 1. The van der Waals surface area contributed by atoms with Crippen molar-refractivity contribution in [2.75, 3.05) is 6.54 Å². The molecule has 96 valence electrons. The summed E-state index contributed by atoms with van der Waals surface area (Å²) in [6.07, 6.45) is 0.960. The van der Waals surface area contributed by atoms with Gasteiger partial charge in [0.2, 0.25) is 0 Å². The van der Waals surface area contributed by atoms with Crippen molar-refractivity contribution in [2.45, 2.75) is 46.2 Å². The maximum atomic E-state index is 10.9. The molecule has 2 unspecified atom stereocenters. The highest BCUT2D eigenvalue weighted by atomic mass is 32.1. The number of carboxylic acid groups (broad SMARTS) is 1. The molecule has 0 amide bonds. The molecule has 0 saturated heterocycles. The summed E-state index contributed by atoms with van der Waals surface area (Å²) in [4.78, 5) is 15.5. The van der Waals surface area contributed by atoms with Crippen LogP contribution in [0.1, 0.15) is 43.0 Å². The average molecular weight is 255 g/mol. The lowest BCUT2D eigenvalue weighted by molar-refractivity contribution is -0.139. The second-order valence-electron chi connectivity index (χ2n) is 4.45. The van der Waals surface area contributed by atoms with Crippen molar-refractivity contribution < 1.29 is 9.90 Å². The number of hydrogen-bond acceptors (Lipinski definition) is 3. The zero-order valence-corrected chi connectivity index (χ0v) is 11.8. The van der Waals surface area contributed by atoms with Crippen LogP contribution in [0.2, 0.25) is 0 Å². The van der Waals surface area contributed by atoms with Gasteiger partial charge in [0.15, 0.2) is 0 Å². The van der Waals surface area contributed by atoms with Crippen LogP contribution in [-0.4, -0.2) is 28.6 Å². The Morgan fingerprint density at radius 3 is 2.53 bits per heavy atom. The molecule has 1 N–H and O–H groups in total. The smallest absolute Gasteiger partial charge is 0.317 e. The zero-order valence-electron chi connectivity index (χ0n) is 10.9. The minimum absolute atomic E-state index is 0.104. The van der Waals surface area contributed by atoms with Crippen molar-refractivity contribution >= 4 is 17.3 Å². The van der Waals surface area contributed by atoms with Gasteiger partial charge in [0.05, 0.1) is 6.54 Å². The third kappa shape index (κ3) is 3.82. The molecule has 1 aromatic rings. The molecule has 1 aromatic heterocycles. The Balaban J connectivity index is 2.85. The number of rotatable bonds is 6. The molecule has 0 aliphatic carbocycles. The molecule has 0 fully saturated rings. The molecule has 17 heavy (non-hydrogen) atoms. The van der Waals surface area contributed by atoms with E-state index in [1.807, 2.05) is 4.90 Å². The van der Waals surface area contributed by atoms with Crippen LogP contribution >= 0.6 is 11.3 Å². The molecule has 0 radical (unpaired) electrons. The summed E-state index contributed by atoms with van der Waals surface area (Å²) in [5, 5.41) is 8.99. The topological polar surface area (TPSA) is 40.5 Å². The van der Waals surface area contributed by atoms with E-state index in [4.69, 9.17) is 5.11 Å². The van der Waals surface area contributed by atoms with Crippen LogP contribution < -0.4 is 0 Å². The Hall–Kier alpha value is -0.870. The van der Waals surface area contributed by atoms with Crippen LogP contribution in [0.25, 0.3) is 0 Å². The predicted octanol–water partition coefficient (Wildman–Crippen LogP) is 3.30. The Labute approximate surface area is 107 Å². The first kappa shape index (κ1) is 14.2. The van der Waals surface area contributed by atoms with Gasteiger partial charge in [-0.3, -0.25) is 9.69 Å². The molecular weight excluding hydrogens is 234 g/mol. The van der Waals surface area contributed by atoms with Crippen LogP contribution in [0, 0.1) is 6.92 Å². The fourth-order valence-electron chi connectivity index (χ4n) is 1.91. The van der Waals surface area contributed by atoms with Gasteiger partial charge in [-0.25, -0.2) is 0 Å². The summed E-state index contributed by atoms with van der Waals surface area (Å²) in [7, 11) is 0. The Morgan fingerprint density at radius 2 is 2.12 bits per heavy atom. The maximum absolute atomic E-state index is 10.9. The third-order valence-electron chi connectivity index (χ3n) is 3.15. The van der Waals surface area contributed by atoms with E-state index in [2.05, 4.69) is 39.8 Å². The van der Waals surface area contributed by atoms with Crippen molar-refractivity contribution in [1.82, 2.24) is 4.90 Å². The minimum atomic E-state index is -0.759. The molecular formula is C13H21NO2S. The Morgan fingerprint density at radius 1 is 1.47 bits per heavy atom. The summed E-state index contributed by atoms with van der Waals surface area (Å²) in [6, 6.07) is 4.64. The number of hydrogen-bond donors (Lipinski definition) is 1. The van der Waals surface area contributed by atoms with E-state index < -0.39 is 5.97 Å². The van der Waals surface area contributed by atoms with Gasteiger partial charge in [-0.2, -0.15) is 0 Å². The first-order chi connectivity index (χ1) is 7.95. The number of thiophene rings is 1. The highest BCUT2D eigenvalue weighted by molar-refractivity contribution is 7.12. The molecule has 0 aromatic carbocycles. The lowest BCUT2D eigenvalue weighted by Crippen LogP contribution is -2.38. The summed E-state index contributed by atoms with van der Waals surface area (Å²) in [5.74, 6) is -0.759. The van der Waals surface area contributed by atoms with Gasteiger partial charge in [-0.1, -0.05) is 6.92 Å². The van der Waals surface area contributed by atoms with E-state index in [1.54, 1.807) is 11.3 Å². The second kappa shape index (κ2) is 6.17. The van der Waals surface area contributed by atoms with Crippen molar-refractivity contribution in [2.24, 2.45) is 0 Å². The molecule has 0 spiro atoms. The van der Waals surface area contributed by atoms with Crippen LogP contribution in [0.3, 0.4) is 0 Å². The average Bonchev–Trinajstić information content (AvgIpc) is 2.70. The molecule has 4 heteroatoms. The molecule has 0 aliphatic rings. The van der Waals surface area contributed by atoms with Crippen molar-refractivity contribution in [3.8, 4) is 0 Å². The van der Waals surface area contributed by atoms with Gasteiger partial charge < -0.3 is 5.11 Å². The summed E-state index contributed by atoms with van der Waals surface area (Å²) < 4.78 is 0. The van der Waals surface area contributed by atoms with Gasteiger partial charge in [-0.15, -0.1) is 11.3 Å². The lowest BCUT2D eigenvalue weighted by Gasteiger charge is -2.32. The van der Waals surface area contributed by atoms with Crippen molar-refractivity contribution in [3.63, 3.8) is 0 Å². The highest BCUT2D eigenvalue weighted by Crippen LogP contribution is 2.29. The first-order valence-corrected chi connectivity index (χ1v) is 6.81. The Bertz CT molecular complexity index is 375. The summed E-state index contributed by atoms with van der Waals surface area (Å²) >= 11 is 1.74. The second-order valence-corrected chi connectivity index (χ2v) is 5.77. The summed E-state index contributed by atoms with van der Waals surface area (Å²) in [5.41, 5.74) is 0.